The highest BCUT2D eigenvalue weighted by Crippen LogP contribution is 2.27. The molecule has 4 heterocycles. The Morgan fingerprint density at radius 2 is 1.75 bits per heavy atom. The molecule has 0 radical (unpaired) electrons. The molecular weight excluding hydrogens is 485 g/mol. The predicted molar refractivity (Wildman–Crippen MR) is 133 cm³/mol. The molecule has 0 saturated carbocycles. The van der Waals surface area contributed by atoms with E-state index in [1.165, 1.54) is 12.1 Å². The fourth-order valence-electron chi connectivity index (χ4n) is 4.81. The number of sulfone groups is 1. The number of carbonyl (C=O) groups excluding carboxylic acids is 1. The number of carbonyl (C=O) groups is 1. The third-order valence-corrected chi connectivity index (χ3v) is 7.91. The van der Waals surface area contributed by atoms with Crippen LogP contribution in [0, 0.1) is 5.82 Å². The maximum Gasteiger partial charge on any atom is 0.245 e. The maximum atomic E-state index is 14.5. The van der Waals surface area contributed by atoms with Crippen molar-refractivity contribution in [2.45, 2.75) is 36.2 Å². The summed E-state index contributed by atoms with van der Waals surface area (Å²) in [6.45, 7) is 2.07. The highest BCUT2D eigenvalue weighted by molar-refractivity contribution is 7.90. The predicted octanol–water partition coefficient (Wildman–Crippen LogP) is 2.10. The van der Waals surface area contributed by atoms with Crippen molar-refractivity contribution in [2.75, 3.05) is 36.1 Å². The smallest absolute Gasteiger partial charge is 0.245 e. The summed E-state index contributed by atoms with van der Waals surface area (Å²) in [6, 6.07) is 3.27. The minimum absolute atomic E-state index is 0.0582. The average Bonchev–Trinajstić information content (AvgIpc) is 3.45. The van der Waals surface area contributed by atoms with E-state index >= 15 is 0 Å². The van der Waals surface area contributed by atoms with Gasteiger partial charge in [0.2, 0.25) is 11.9 Å². The number of rotatable bonds is 6. The first-order valence-corrected chi connectivity index (χ1v) is 13.7. The zero-order valence-corrected chi connectivity index (χ0v) is 20.9. The average molecular weight is 514 g/mol. The molecule has 3 aromatic rings. The van der Waals surface area contributed by atoms with Crippen LogP contribution in [0.15, 0.2) is 47.9 Å². The van der Waals surface area contributed by atoms with Crippen LogP contribution >= 0.6 is 0 Å². The van der Waals surface area contributed by atoms with Gasteiger partial charge >= 0.3 is 0 Å². The first-order valence-electron chi connectivity index (χ1n) is 11.8. The van der Waals surface area contributed by atoms with E-state index in [1.54, 1.807) is 23.3 Å². The van der Waals surface area contributed by atoms with Crippen LogP contribution in [-0.2, 0) is 21.7 Å². The maximum absolute atomic E-state index is 14.5. The second kappa shape index (κ2) is 9.49. The Hall–Kier alpha value is -3.54. The Balaban J connectivity index is 1.17. The molecule has 2 aliphatic heterocycles. The molecule has 2 aromatic heterocycles. The van der Waals surface area contributed by atoms with Gasteiger partial charge in [0.15, 0.2) is 9.84 Å². The minimum Gasteiger partial charge on any atom is -0.371 e. The van der Waals surface area contributed by atoms with Crippen LogP contribution in [0.1, 0.15) is 19.3 Å². The molecule has 36 heavy (non-hydrogen) atoms. The third kappa shape index (κ3) is 4.90. The lowest BCUT2D eigenvalue weighted by molar-refractivity contribution is -0.130. The van der Waals surface area contributed by atoms with Gasteiger partial charge in [0.25, 0.3) is 0 Å². The van der Waals surface area contributed by atoms with E-state index in [0.29, 0.717) is 18.9 Å². The molecule has 5 rings (SSSR count). The fourth-order valence-corrected chi connectivity index (χ4v) is 5.44. The molecule has 2 saturated heterocycles. The van der Waals surface area contributed by atoms with Crippen LogP contribution < -0.4 is 10.2 Å². The van der Waals surface area contributed by atoms with Crippen molar-refractivity contribution in [2.24, 2.45) is 7.05 Å². The topological polar surface area (TPSA) is 113 Å². The number of amides is 1. The molecule has 190 valence electrons. The zero-order chi connectivity index (χ0) is 25.4. The van der Waals surface area contributed by atoms with Gasteiger partial charge in [0.05, 0.1) is 16.8 Å². The number of anilines is 2. The highest BCUT2D eigenvalue weighted by atomic mass is 32.2. The Morgan fingerprint density at radius 1 is 1.03 bits per heavy atom. The van der Waals surface area contributed by atoms with Crippen LogP contribution in [0.2, 0.25) is 0 Å². The van der Waals surface area contributed by atoms with Gasteiger partial charge in [-0.3, -0.25) is 9.48 Å². The summed E-state index contributed by atoms with van der Waals surface area (Å²) in [5, 5.41) is 7.14. The number of likely N-dealkylation sites (tertiary alicyclic amines) is 1. The van der Waals surface area contributed by atoms with Crippen molar-refractivity contribution in [3.8, 4) is 11.1 Å². The van der Waals surface area contributed by atoms with Crippen molar-refractivity contribution >= 4 is 27.4 Å². The van der Waals surface area contributed by atoms with E-state index in [2.05, 4.69) is 25.3 Å². The van der Waals surface area contributed by atoms with Gasteiger partial charge in [-0.25, -0.2) is 22.8 Å². The molecule has 0 bridgehead atoms. The molecule has 2 fully saturated rings. The molecule has 2 aliphatic rings. The van der Waals surface area contributed by atoms with Gasteiger partial charge in [-0.2, -0.15) is 5.10 Å². The third-order valence-electron chi connectivity index (χ3n) is 6.80. The van der Waals surface area contributed by atoms with Gasteiger partial charge in [0, 0.05) is 68.7 Å². The molecule has 0 aliphatic carbocycles. The number of nitrogens with zero attached hydrogens (tertiary/aromatic N) is 6. The van der Waals surface area contributed by atoms with E-state index < -0.39 is 21.7 Å². The van der Waals surface area contributed by atoms with Crippen LogP contribution in [-0.4, -0.2) is 76.9 Å². The quantitative estimate of drug-likeness (QED) is 0.533. The molecule has 1 amide bonds. The van der Waals surface area contributed by atoms with Gasteiger partial charge in [-0.1, -0.05) is 0 Å². The van der Waals surface area contributed by atoms with E-state index in [4.69, 9.17) is 0 Å². The number of hydrogen-bond donors (Lipinski definition) is 1. The Kier molecular flexibility index (Phi) is 6.37. The number of benzene rings is 1. The molecule has 1 atom stereocenters. The fraction of sp³-hybridized carbons (Fsp3) is 0.417. The number of hydrogen-bond acceptors (Lipinski definition) is 8. The lowest BCUT2D eigenvalue weighted by Crippen LogP contribution is -2.47. The zero-order valence-electron chi connectivity index (χ0n) is 20.1. The summed E-state index contributed by atoms with van der Waals surface area (Å²) in [4.78, 5) is 26.0. The molecule has 1 aromatic carbocycles. The van der Waals surface area contributed by atoms with Crippen molar-refractivity contribution in [1.82, 2.24) is 24.6 Å². The summed E-state index contributed by atoms with van der Waals surface area (Å²) < 4.78 is 39.5. The number of aryl methyl sites for hydroxylation is 1. The van der Waals surface area contributed by atoms with Crippen molar-refractivity contribution < 1.29 is 17.6 Å². The Morgan fingerprint density at radius 3 is 2.36 bits per heavy atom. The SMILES string of the molecule is Cn1cc(-c2cnc(N3CCC(N4CCC(Nc5ccc(S(C)(=O)=O)cc5F)C4=O)CC3)nc2)cn1. The second-order valence-corrected chi connectivity index (χ2v) is 11.3. The largest absolute Gasteiger partial charge is 0.371 e. The number of piperidine rings is 1. The monoisotopic (exact) mass is 513 g/mol. The van der Waals surface area contributed by atoms with Crippen LogP contribution in [0.25, 0.3) is 11.1 Å². The van der Waals surface area contributed by atoms with E-state index in [0.717, 1.165) is 49.4 Å². The molecule has 12 heteroatoms. The standard InChI is InChI=1S/C24H28FN7O3S/c1-30-15-17(14-28-30)16-12-26-24(27-13-16)31-8-5-18(6-9-31)32-10-7-22(23(32)33)29-21-4-3-19(11-20(21)25)36(2,34)35/h3-4,11-15,18,22,29H,5-10H2,1-2H3. The Bertz CT molecular complexity index is 1370. The van der Waals surface area contributed by atoms with Crippen LogP contribution in [0.3, 0.4) is 0 Å². The van der Waals surface area contributed by atoms with E-state index in [-0.39, 0.29) is 22.5 Å². The summed E-state index contributed by atoms with van der Waals surface area (Å²) in [6.07, 6.45) is 10.5. The minimum atomic E-state index is -3.50. The first-order chi connectivity index (χ1) is 17.2. The second-order valence-electron chi connectivity index (χ2n) is 9.32. The normalized spacial score (nSPS) is 19.2. The van der Waals surface area contributed by atoms with Gasteiger partial charge in [-0.05, 0) is 37.5 Å². The molecule has 1 N–H and O–H groups in total. The molecule has 0 spiro atoms. The number of nitrogens with one attached hydrogen (secondary N) is 1. The first kappa shape index (κ1) is 24.2. The molecular formula is C24H28FN7O3S. The highest BCUT2D eigenvalue weighted by Gasteiger charge is 2.37. The lowest BCUT2D eigenvalue weighted by atomic mass is 10.0. The summed E-state index contributed by atoms with van der Waals surface area (Å²) in [5.74, 6) is -0.0782. The van der Waals surface area contributed by atoms with Gasteiger partial charge in [-0.15, -0.1) is 0 Å². The van der Waals surface area contributed by atoms with Crippen molar-refractivity contribution in [3.63, 3.8) is 0 Å². The summed E-state index contributed by atoms with van der Waals surface area (Å²) in [5.41, 5.74) is 2.00. The van der Waals surface area contributed by atoms with Crippen LogP contribution in [0.4, 0.5) is 16.0 Å². The van der Waals surface area contributed by atoms with Crippen molar-refractivity contribution in [3.05, 3.63) is 48.8 Å². The van der Waals surface area contributed by atoms with Gasteiger partial charge < -0.3 is 15.1 Å². The summed E-state index contributed by atoms with van der Waals surface area (Å²) >= 11 is 0. The summed E-state index contributed by atoms with van der Waals surface area (Å²) in [7, 11) is -1.64. The number of halogens is 1. The van der Waals surface area contributed by atoms with Crippen molar-refractivity contribution in [1.29, 1.82) is 0 Å². The van der Waals surface area contributed by atoms with E-state index in [9.17, 15) is 17.6 Å². The van der Waals surface area contributed by atoms with Crippen LogP contribution in [0.5, 0.6) is 0 Å². The molecule has 10 nitrogen and oxygen atoms in total. The Labute approximate surface area is 209 Å². The molecule has 1 unspecified atom stereocenters. The number of aromatic nitrogens is 4. The van der Waals surface area contributed by atoms with E-state index in [1.807, 2.05) is 18.1 Å². The van der Waals surface area contributed by atoms with Gasteiger partial charge in [0.1, 0.15) is 11.9 Å². The lowest BCUT2D eigenvalue weighted by Gasteiger charge is -2.36.